The highest BCUT2D eigenvalue weighted by Crippen LogP contribution is 2.48. The van der Waals surface area contributed by atoms with Gasteiger partial charge in [-0.1, -0.05) is 0 Å². The number of benzene rings is 2. The Hall–Kier alpha value is -2.06. The number of carbonyl (C=O) groups is 1. The molecular formula is C17H17FN2O3S2. The first kappa shape index (κ1) is 17.8. The van der Waals surface area contributed by atoms with Gasteiger partial charge >= 0.3 is 0 Å². The highest BCUT2D eigenvalue weighted by Gasteiger charge is 2.40. The van der Waals surface area contributed by atoms with Crippen LogP contribution in [0.2, 0.25) is 0 Å². The van der Waals surface area contributed by atoms with Crippen molar-refractivity contribution in [2.75, 3.05) is 15.9 Å². The van der Waals surface area contributed by atoms with Gasteiger partial charge in [-0.05, 0) is 56.3 Å². The van der Waals surface area contributed by atoms with Crippen LogP contribution >= 0.6 is 11.8 Å². The molecular weight excluding hydrogens is 363 g/mol. The quantitative estimate of drug-likeness (QED) is 0.881. The molecule has 25 heavy (non-hydrogen) atoms. The summed E-state index contributed by atoms with van der Waals surface area (Å²) in [4.78, 5) is 15.2. The highest BCUT2D eigenvalue weighted by molar-refractivity contribution is 8.01. The summed E-state index contributed by atoms with van der Waals surface area (Å²) in [7, 11) is -3.40. The topological polar surface area (TPSA) is 66.5 Å². The van der Waals surface area contributed by atoms with E-state index in [-0.39, 0.29) is 11.7 Å². The number of anilines is 3. The summed E-state index contributed by atoms with van der Waals surface area (Å²) in [6.45, 7) is 3.60. The van der Waals surface area contributed by atoms with Crippen LogP contribution in [0.3, 0.4) is 0 Å². The first-order valence-electron chi connectivity index (χ1n) is 7.48. The first-order valence-corrected chi connectivity index (χ1v) is 10.2. The van der Waals surface area contributed by atoms with E-state index in [1.54, 1.807) is 44.2 Å². The molecule has 1 N–H and O–H groups in total. The fourth-order valence-electron chi connectivity index (χ4n) is 2.60. The fourth-order valence-corrected chi connectivity index (χ4v) is 4.34. The van der Waals surface area contributed by atoms with E-state index >= 15 is 0 Å². The van der Waals surface area contributed by atoms with Crippen LogP contribution in [-0.2, 0) is 14.8 Å². The molecule has 1 amide bonds. The van der Waals surface area contributed by atoms with Crippen LogP contribution in [-0.4, -0.2) is 25.3 Å². The van der Waals surface area contributed by atoms with Gasteiger partial charge in [0.1, 0.15) is 5.82 Å². The van der Waals surface area contributed by atoms with Crippen molar-refractivity contribution >= 4 is 44.8 Å². The van der Waals surface area contributed by atoms with Crippen molar-refractivity contribution in [3.05, 3.63) is 48.3 Å². The predicted molar refractivity (Wildman–Crippen MR) is 98.4 cm³/mol. The molecule has 0 aromatic heterocycles. The molecule has 1 heterocycles. The smallest absolute Gasteiger partial charge is 0.247 e. The minimum Gasteiger partial charge on any atom is -0.284 e. The standard InChI is InChI=1S/C17H17FN2O3S2/c1-17(2)16(21)20(13-7-4-11(18)5-8-13)14-9-6-12(10-15(14)24-17)19-25(3,22)23/h4-10,19H,1-3H3. The number of sulfonamides is 1. The molecule has 3 rings (SSSR count). The third-order valence-electron chi connectivity index (χ3n) is 3.67. The Morgan fingerprint density at radius 2 is 1.76 bits per heavy atom. The summed E-state index contributed by atoms with van der Waals surface area (Å²) in [6.07, 6.45) is 1.08. The highest BCUT2D eigenvalue weighted by atomic mass is 32.2. The second-order valence-electron chi connectivity index (χ2n) is 6.29. The molecule has 0 spiro atoms. The second kappa shape index (κ2) is 6.03. The number of nitrogens with one attached hydrogen (secondary N) is 1. The van der Waals surface area contributed by atoms with Crippen molar-refractivity contribution in [2.45, 2.75) is 23.5 Å². The molecule has 2 aromatic rings. The molecule has 0 saturated carbocycles. The molecule has 2 aromatic carbocycles. The van der Waals surface area contributed by atoms with E-state index in [4.69, 9.17) is 0 Å². The number of amides is 1. The van der Waals surface area contributed by atoms with Crippen molar-refractivity contribution in [3.63, 3.8) is 0 Å². The summed E-state index contributed by atoms with van der Waals surface area (Å²) in [5.41, 5.74) is 1.63. The first-order chi connectivity index (χ1) is 11.6. The lowest BCUT2D eigenvalue weighted by atomic mass is 10.1. The number of hydrogen-bond donors (Lipinski definition) is 1. The van der Waals surface area contributed by atoms with E-state index in [0.29, 0.717) is 17.1 Å². The molecule has 0 aliphatic carbocycles. The minimum atomic E-state index is -3.40. The number of nitrogens with zero attached hydrogens (tertiary/aromatic N) is 1. The average molecular weight is 380 g/mol. The molecule has 0 unspecified atom stereocenters. The average Bonchev–Trinajstić information content (AvgIpc) is 2.48. The number of fused-ring (bicyclic) bond motifs is 1. The molecule has 0 bridgehead atoms. The van der Waals surface area contributed by atoms with Gasteiger partial charge in [0.25, 0.3) is 0 Å². The zero-order valence-corrected chi connectivity index (χ0v) is 15.5. The van der Waals surface area contributed by atoms with Crippen molar-refractivity contribution in [2.24, 2.45) is 0 Å². The Labute approximate surface area is 150 Å². The van der Waals surface area contributed by atoms with Crippen LogP contribution in [0.5, 0.6) is 0 Å². The van der Waals surface area contributed by atoms with Gasteiger partial charge in [0, 0.05) is 16.3 Å². The largest absolute Gasteiger partial charge is 0.284 e. The normalized spacial score (nSPS) is 16.5. The second-order valence-corrected chi connectivity index (χ2v) is 9.70. The number of halogens is 1. The van der Waals surface area contributed by atoms with Gasteiger partial charge in [0.15, 0.2) is 0 Å². The molecule has 0 fully saturated rings. The molecule has 0 saturated heterocycles. The molecule has 0 atom stereocenters. The maximum absolute atomic E-state index is 13.2. The van der Waals surface area contributed by atoms with Gasteiger partial charge in [0.2, 0.25) is 15.9 Å². The minimum absolute atomic E-state index is 0.125. The number of rotatable bonds is 3. The number of hydrogen-bond acceptors (Lipinski definition) is 4. The Kier molecular flexibility index (Phi) is 4.28. The molecule has 8 heteroatoms. The van der Waals surface area contributed by atoms with Gasteiger partial charge in [-0.15, -0.1) is 11.8 Å². The summed E-state index contributed by atoms with van der Waals surface area (Å²) in [5.74, 6) is -0.504. The lowest BCUT2D eigenvalue weighted by molar-refractivity contribution is -0.119. The number of carbonyl (C=O) groups excluding carboxylic acids is 1. The SMILES string of the molecule is CC1(C)Sc2cc(NS(C)(=O)=O)ccc2N(c2ccc(F)cc2)C1=O. The van der Waals surface area contributed by atoms with E-state index in [2.05, 4.69) is 4.72 Å². The van der Waals surface area contributed by atoms with E-state index in [1.165, 1.54) is 28.8 Å². The van der Waals surface area contributed by atoms with Crippen LogP contribution < -0.4 is 9.62 Å². The van der Waals surface area contributed by atoms with Gasteiger partial charge in [-0.2, -0.15) is 0 Å². The molecule has 1 aliphatic heterocycles. The zero-order chi connectivity index (χ0) is 18.4. The summed E-state index contributed by atoms with van der Waals surface area (Å²) in [6, 6.07) is 10.7. The maximum atomic E-state index is 13.2. The summed E-state index contributed by atoms with van der Waals surface area (Å²) < 4.78 is 37.8. The van der Waals surface area contributed by atoms with Crippen LogP contribution in [0.4, 0.5) is 21.5 Å². The number of thioether (sulfide) groups is 1. The van der Waals surface area contributed by atoms with Crippen LogP contribution in [0.15, 0.2) is 47.4 Å². The van der Waals surface area contributed by atoms with Gasteiger partial charge in [-0.25, -0.2) is 12.8 Å². The Balaban J connectivity index is 2.11. The van der Waals surface area contributed by atoms with Crippen molar-refractivity contribution < 1.29 is 17.6 Å². The Morgan fingerprint density at radius 1 is 1.12 bits per heavy atom. The third-order valence-corrected chi connectivity index (χ3v) is 5.51. The van der Waals surface area contributed by atoms with Crippen molar-refractivity contribution in [3.8, 4) is 0 Å². The van der Waals surface area contributed by atoms with E-state index in [9.17, 15) is 17.6 Å². The molecule has 132 valence electrons. The van der Waals surface area contributed by atoms with Gasteiger partial charge < -0.3 is 0 Å². The van der Waals surface area contributed by atoms with Gasteiger partial charge in [-0.3, -0.25) is 14.4 Å². The molecule has 5 nitrogen and oxygen atoms in total. The van der Waals surface area contributed by atoms with Crippen molar-refractivity contribution in [1.82, 2.24) is 0 Å². The molecule has 0 radical (unpaired) electrons. The summed E-state index contributed by atoms with van der Waals surface area (Å²) >= 11 is 1.36. The zero-order valence-electron chi connectivity index (χ0n) is 13.9. The third kappa shape index (κ3) is 3.64. The van der Waals surface area contributed by atoms with Crippen LogP contribution in [0.1, 0.15) is 13.8 Å². The van der Waals surface area contributed by atoms with E-state index in [1.807, 2.05) is 0 Å². The lowest BCUT2D eigenvalue weighted by Gasteiger charge is -2.38. The van der Waals surface area contributed by atoms with E-state index < -0.39 is 14.8 Å². The lowest BCUT2D eigenvalue weighted by Crippen LogP contribution is -2.43. The van der Waals surface area contributed by atoms with Crippen LogP contribution in [0, 0.1) is 5.82 Å². The van der Waals surface area contributed by atoms with E-state index in [0.717, 1.165) is 11.2 Å². The fraction of sp³-hybridized carbons (Fsp3) is 0.235. The van der Waals surface area contributed by atoms with Gasteiger partial charge in [0.05, 0.1) is 16.7 Å². The summed E-state index contributed by atoms with van der Waals surface area (Å²) in [5, 5.41) is 0. The Morgan fingerprint density at radius 3 is 2.36 bits per heavy atom. The maximum Gasteiger partial charge on any atom is 0.247 e. The van der Waals surface area contributed by atoms with Crippen molar-refractivity contribution in [1.29, 1.82) is 0 Å². The Bertz CT molecular complexity index is 941. The molecule has 1 aliphatic rings. The monoisotopic (exact) mass is 380 g/mol. The van der Waals surface area contributed by atoms with Crippen LogP contribution in [0.25, 0.3) is 0 Å². The predicted octanol–water partition coefficient (Wildman–Crippen LogP) is 3.75.